The van der Waals surface area contributed by atoms with E-state index in [1.807, 2.05) is 0 Å². The molecule has 1 heterocycles. The molecule has 1 aromatic heterocycles. The van der Waals surface area contributed by atoms with E-state index in [-0.39, 0.29) is 28.6 Å². The first-order chi connectivity index (χ1) is 14.3. The predicted molar refractivity (Wildman–Crippen MR) is 109 cm³/mol. The van der Waals surface area contributed by atoms with Crippen molar-refractivity contribution in [3.63, 3.8) is 0 Å². The van der Waals surface area contributed by atoms with Crippen LogP contribution < -0.4 is 4.72 Å². The molecule has 0 fully saturated rings. The van der Waals surface area contributed by atoms with E-state index in [0.29, 0.717) is 16.9 Å². The number of rotatable bonds is 5. The first-order valence-electron chi connectivity index (χ1n) is 8.87. The summed E-state index contributed by atoms with van der Waals surface area (Å²) >= 11 is 0. The van der Waals surface area contributed by atoms with Gasteiger partial charge in [0.1, 0.15) is 17.1 Å². The third-order valence-corrected chi connectivity index (χ3v) is 5.25. The number of carbonyl (C=O) groups is 1. The van der Waals surface area contributed by atoms with E-state index >= 15 is 0 Å². The zero-order valence-electron chi connectivity index (χ0n) is 16.2. The van der Waals surface area contributed by atoms with Gasteiger partial charge in [-0.15, -0.1) is 0 Å². The molecule has 154 valence electrons. The van der Waals surface area contributed by atoms with Gasteiger partial charge in [-0.25, -0.2) is 13.2 Å². The molecule has 0 saturated heterocycles. The Morgan fingerprint density at radius 1 is 1.13 bits per heavy atom. The standard InChI is InChI=1S/C21H18N2O6S/c1-3-28-21(25)18-13-16(8-11-19(18)24)5-4-15-6-9-17(10-7-15)30(26,27)23-20-12-14(2)29-22-20/h6-13,24H,3H2,1-2H3,(H,22,23). The molecule has 0 aliphatic heterocycles. The highest BCUT2D eigenvalue weighted by molar-refractivity contribution is 7.92. The Kier molecular flexibility index (Phi) is 6.09. The molecule has 9 heteroatoms. The van der Waals surface area contributed by atoms with E-state index in [1.165, 1.54) is 30.3 Å². The second-order valence-corrected chi connectivity index (χ2v) is 7.84. The van der Waals surface area contributed by atoms with Gasteiger partial charge in [0.25, 0.3) is 10.0 Å². The number of anilines is 1. The second kappa shape index (κ2) is 8.71. The van der Waals surface area contributed by atoms with Crippen molar-refractivity contribution in [3.8, 4) is 17.6 Å². The fourth-order valence-corrected chi connectivity index (χ4v) is 3.44. The molecule has 0 aliphatic carbocycles. The molecule has 0 bridgehead atoms. The fourth-order valence-electron chi connectivity index (χ4n) is 2.46. The van der Waals surface area contributed by atoms with Crippen molar-refractivity contribution in [2.24, 2.45) is 0 Å². The smallest absolute Gasteiger partial charge is 0.341 e. The summed E-state index contributed by atoms with van der Waals surface area (Å²) in [6.45, 7) is 3.52. The summed E-state index contributed by atoms with van der Waals surface area (Å²) in [7, 11) is -3.81. The highest BCUT2D eigenvalue weighted by atomic mass is 32.2. The molecular weight excluding hydrogens is 408 g/mol. The van der Waals surface area contributed by atoms with Crippen molar-refractivity contribution < 1.29 is 27.6 Å². The Balaban J connectivity index is 1.78. The number of ether oxygens (including phenoxy) is 1. The minimum atomic E-state index is -3.81. The number of hydrogen-bond acceptors (Lipinski definition) is 7. The van der Waals surface area contributed by atoms with E-state index in [1.54, 1.807) is 32.0 Å². The van der Waals surface area contributed by atoms with Gasteiger partial charge in [-0.1, -0.05) is 17.0 Å². The van der Waals surface area contributed by atoms with E-state index in [4.69, 9.17) is 9.26 Å². The topological polar surface area (TPSA) is 119 Å². The largest absolute Gasteiger partial charge is 0.507 e. The SMILES string of the molecule is CCOC(=O)c1cc(C#Cc2ccc(S(=O)(=O)Nc3cc(C)on3)cc2)ccc1O. The lowest BCUT2D eigenvalue weighted by Gasteiger charge is -2.05. The number of aromatic nitrogens is 1. The van der Waals surface area contributed by atoms with Crippen LogP contribution in [0.2, 0.25) is 0 Å². The average Bonchev–Trinajstić information content (AvgIpc) is 3.11. The molecule has 3 aromatic rings. The molecule has 8 nitrogen and oxygen atoms in total. The molecule has 3 rings (SSSR count). The summed E-state index contributed by atoms with van der Waals surface area (Å²) in [5.41, 5.74) is 1.09. The van der Waals surface area contributed by atoms with E-state index in [9.17, 15) is 18.3 Å². The minimum absolute atomic E-state index is 0.0271. The predicted octanol–water partition coefficient (Wildman–Crippen LogP) is 3.07. The normalized spacial score (nSPS) is 10.7. The maximum Gasteiger partial charge on any atom is 0.341 e. The van der Waals surface area contributed by atoms with E-state index in [0.717, 1.165) is 0 Å². The van der Waals surface area contributed by atoms with Gasteiger partial charge in [-0.05, 0) is 56.3 Å². The number of phenols is 1. The van der Waals surface area contributed by atoms with Gasteiger partial charge < -0.3 is 14.4 Å². The fraction of sp³-hybridized carbons (Fsp3) is 0.143. The zero-order chi connectivity index (χ0) is 21.7. The molecular formula is C21H18N2O6S. The van der Waals surface area contributed by atoms with Crippen LogP contribution in [0.25, 0.3) is 0 Å². The maximum absolute atomic E-state index is 12.4. The Bertz CT molecular complexity index is 1230. The minimum Gasteiger partial charge on any atom is -0.507 e. The molecule has 0 saturated carbocycles. The summed E-state index contributed by atoms with van der Waals surface area (Å²) in [4.78, 5) is 11.9. The van der Waals surface area contributed by atoms with Crippen LogP contribution in [-0.4, -0.2) is 31.3 Å². The van der Waals surface area contributed by atoms with Gasteiger partial charge in [-0.2, -0.15) is 0 Å². The summed E-state index contributed by atoms with van der Waals surface area (Å²) in [5, 5.41) is 13.4. The summed E-state index contributed by atoms with van der Waals surface area (Å²) < 4.78 is 36.9. The van der Waals surface area contributed by atoms with Crippen molar-refractivity contribution in [3.05, 3.63) is 71.0 Å². The third-order valence-electron chi connectivity index (χ3n) is 3.87. The summed E-state index contributed by atoms with van der Waals surface area (Å²) in [6, 6.07) is 11.8. The van der Waals surface area contributed by atoms with Crippen molar-refractivity contribution in [2.45, 2.75) is 18.7 Å². The van der Waals surface area contributed by atoms with Crippen molar-refractivity contribution in [1.29, 1.82) is 0 Å². The number of hydrogen-bond donors (Lipinski definition) is 2. The number of nitrogens with zero attached hydrogens (tertiary/aromatic N) is 1. The number of phenolic OH excluding ortho intramolecular Hbond substituents is 1. The number of aromatic hydroxyl groups is 1. The van der Waals surface area contributed by atoms with Gasteiger partial charge in [0.05, 0.1) is 11.5 Å². The number of carbonyl (C=O) groups excluding carboxylic acids is 1. The number of aryl methyl sites for hydroxylation is 1. The van der Waals surface area contributed by atoms with E-state index in [2.05, 4.69) is 21.7 Å². The quantitative estimate of drug-likeness (QED) is 0.475. The Hall–Kier alpha value is -3.77. The Morgan fingerprint density at radius 2 is 1.80 bits per heavy atom. The summed E-state index contributed by atoms with van der Waals surface area (Å²) in [5.74, 6) is 5.51. The van der Waals surface area contributed by atoms with Gasteiger partial charge in [0.15, 0.2) is 5.82 Å². The zero-order valence-corrected chi connectivity index (χ0v) is 17.0. The third kappa shape index (κ3) is 4.98. The molecule has 0 atom stereocenters. The van der Waals surface area contributed by atoms with Crippen LogP contribution in [0.4, 0.5) is 5.82 Å². The van der Waals surface area contributed by atoms with Gasteiger partial charge in [0, 0.05) is 17.2 Å². The van der Waals surface area contributed by atoms with Crippen molar-refractivity contribution >= 4 is 21.8 Å². The maximum atomic E-state index is 12.4. The van der Waals surface area contributed by atoms with Gasteiger partial charge in [0.2, 0.25) is 0 Å². The first-order valence-corrected chi connectivity index (χ1v) is 10.3. The monoisotopic (exact) mass is 426 g/mol. The van der Waals surface area contributed by atoms with Gasteiger partial charge >= 0.3 is 5.97 Å². The average molecular weight is 426 g/mol. The number of nitrogens with one attached hydrogen (secondary N) is 1. The molecule has 0 aliphatic rings. The van der Waals surface area contributed by atoms with Crippen LogP contribution in [0, 0.1) is 18.8 Å². The van der Waals surface area contributed by atoms with E-state index < -0.39 is 16.0 Å². The Morgan fingerprint density at radius 3 is 2.43 bits per heavy atom. The van der Waals surface area contributed by atoms with Crippen LogP contribution in [0.5, 0.6) is 5.75 Å². The molecule has 30 heavy (non-hydrogen) atoms. The van der Waals surface area contributed by atoms with Crippen LogP contribution in [-0.2, 0) is 14.8 Å². The Labute approximate surface area is 173 Å². The van der Waals surface area contributed by atoms with Crippen LogP contribution in [0.15, 0.2) is 57.9 Å². The lowest BCUT2D eigenvalue weighted by molar-refractivity contribution is 0.0523. The number of esters is 1. The molecule has 0 unspecified atom stereocenters. The van der Waals surface area contributed by atoms with Crippen LogP contribution in [0.3, 0.4) is 0 Å². The number of sulfonamides is 1. The van der Waals surface area contributed by atoms with Crippen molar-refractivity contribution in [2.75, 3.05) is 11.3 Å². The highest BCUT2D eigenvalue weighted by Gasteiger charge is 2.16. The van der Waals surface area contributed by atoms with Crippen LogP contribution in [0.1, 0.15) is 34.2 Å². The molecule has 0 spiro atoms. The molecule has 0 amide bonds. The first kappa shape index (κ1) is 21.0. The highest BCUT2D eigenvalue weighted by Crippen LogP contribution is 2.20. The molecule has 2 N–H and O–H groups in total. The van der Waals surface area contributed by atoms with Gasteiger partial charge in [-0.3, -0.25) is 4.72 Å². The lowest BCUT2D eigenvalue weighted by atomic mass is 10.1. The lowest BCUT2D eigenvalue weighted by Crippen LogP contribution is -2.13. The van der Waals surface area contributed by atoms with Crippen molar-refractivity contribution in [1.82, 2.24) is 5.16 Å². The second-order valence-electron chi connectivity index (χ2n) is 6.16. The summed E-state index contributed by atoms with van der Waals surface area (Å²) in [6.07, 6.45) is 0. The van der Waals surface area contributed by atoms with Crippen LogP contribution >= 0.6 is 0 Å². The number of benzene rings is 2. The molecule has 2 aromatic carbocycles. The molecule has 0 radical (unpaired) electrons.